The van der Waals surface area contributed by atoms with Crippen LogP contribution in [0.4, 0.5) is 0 Å². The summed E-state index contributed by atoms with van der Waals surface area (Å²) in [7, 11) is 1.71. The summed E-state index contributed by atoms with van der Waals surface area (Å²) in [6, 6.07) is 17.1. The van der Waals surface area contributed by atoms with Gasteiger partial charge >= 0.3 is 17.9 Å². The lowest BCUT2D eigenvalue weighted by Gasteiger charge is -2.25. The van der Waals surface area contributed by atoms with Crippen molar-refractivity contribution in [2.24, 2.45) is 5.92 Å². The molecule has 2 aromatic carbocycles. The highest BCUT2D eigenvalue weighted by Gasteiger charge is 2.40. The Labute approximate surface area is 253 Å². The van der Waals surface area contributed by atoms with Gasteiger partial charge in [-0.2, -0.15) is 0 Å². The van der Waals surface area contributed by atoms with Gasteiger partial charge in [0.1, 0.15) is 18.1 Å². The van der Waals surface area contributed by atoms with E-state index in [1.54, 1.807) is 7.11 Å². The van der Waals surface area contributed by atoms with Crippen molar-refractivity contribution >= 4 is 29.6 Å². The Bertz CT molecular complexity index is 1170. The second kappa shape index (κ2) is 17.9. The normalized spacial score (nSPS) is 14.0. The van der Waals surface area contributed by atoms with Crippen molar-refractivity contribution in [3.8, 4) is 11.5 Å². The van der Waals surface area contributed by atoms with E-state index in [1.807, 2.05) is 12.1 Å². The zero-order valence-corrected chi connectivity index (χ0v) is 25.3. The average molecular weight is 600 g/mol. The molecule has 2 aromatic rings. The number of benzene rings is 2. The van der Waals surface area contributed by atoms with Gasteiger partial charge in [-0.1, -0.05) is 63.5 Å². The van der Waals surface area contributed by atoms with Crippen molar-refractivity contribution in [3.63, 3.8) is 0 Å². The number of aliphatic hydroxyl groups is 1. The van der Waals surface area contributed by atoms with E-state index in [0.717, 1.165) is 37.7 Å². The van der Waals surface area contributed by atoms with Gasteiger partial charge in [-0.3, -0.25) is 9.59 Å². The van der Waals surface area contributed by atoms with E-state index < -0.39 is 36.4 Å². The van der Waals surface area contributed by atoms with Crippen LogP contribution in [-0.2, 0) is 14.4 Å². The molecule has 236 valence electrons. The van der Waals surface area contributed by atoms with Gasteiger partial charge in [-0.15, -0.1) is 0 Å². The Morgan fingerprint density at radius 3 is 1.86 bits per heavy atom. The number of hydrogen-bond acceptors (Lipinski definition) is 7. The molecule has 0 aliphatic heterocycles. The number of allylic oxidation sites excluding steroid dienone is 1. The lowest BCUT2D eigenvalue weighted by atomic mass is 9.80. The molecule has 1 saturated carbocycles. The fourth-order valence-electron chi connectivity index (χ4n) is 5.02. The number of nitrogens with zero attached hydrogens (tertiary/aromatic N) is 1. The van der Waals surface area contributed by atoms with Crippen molar-refractivity contribution in [1.82, 2.24) is 4.90 Å². The second-order valence-electron chi connectivity index (χ2n) is 10.6. The first-order valence-corrected chi connectivity index (χ1v) is 14.7. The molecule has 0 radical (unpaired) electrons. The van der Waals surface area contributed by atoms with Gasteiger partial charge in [-0.25, -0.2) is 4.79 Å². The molecule has 10 heteroatoms. The quantitative estimate of drug-likeness (QED) is 0.199. The standard InChI is InChI=1S/C27H37NO2.C6H8O7/c1-4-28(5-2)19-20-30-26-17-13-24(14-18-26)27(23-9-7-6-8-10-23)21-22-11-15-25(29-3)16-12-22;7-3(8)1-6(13,5(11)12)2-4(9)10/h11-18,21,23H,4-10,19-20H2,1-3H3;13H,1-2H2,(H,7,8)(H,9,10)(H,11,12)/b27-21+;. The highest BCUT2D eigenvalue weighted by molar-refractivity contribution is 5.88. The molecule has 0 heterocycles. The third-order valence-corrected chi connectivity index (χ3v) is 7.53. The predicted octanol–water partition coefficient (Wildman–Crippen LogP) is 5.29. The molecule has 10 nitrogen and oxygen atoms in total. The van der Waals surface area contributed by atoms with Crippen molar-refractivity contribution in [1.29, 1.82) is 0 Å². The van der Waals surface area contributed by atoms with Crippen LogP contribution in [0.1, 0.15) is 69.9 Å². The minimum absolute atomic E-state index is 0.635. The first kappa shape index (κ1) is 35.3. The van der Waals surface area contributed by atoms with Crippen molar-refractivity contribution in [2.45, 2.75) is 64.4 Å². The number of carboxylic acids is 3. The zero-order valence-electron chi connectivity index (χ0n) is 25.3. The average Bonchev–Trinajstić information content (AvgIpc) is 2.99. The van der Waals surface area contributed by atoms with Gasteiger partial charge in [0.05, 0.1) is 20.0 Å². The molecule has 0 aromatic heterocycles. The number of rotatable bonds is 15. The second-order valence-corrected chi connectivity index (χ2v) is 10.6. The Morgan fingerprint density at radius 1 is 0.860 bits per heavy atom. The third kappa shape index (κ3) is 12.1. The van der Waals surface area contributed by atoms with Crippen LogP contribution < -0.4 is 9.47 Å². The zero-order chi connectivity index (χ0) is 31.8. The molecular formula is C33H45NO9. The maximum atomic E-state index is 10.3. The van der Waals surface area contributed by atoms with Crippen LogP contribution in [0.15, 0.2) is 48.5 Å². The van der Waals surface area contributed by atoms with Crippen molar-refractivity contribution in [3.05, 3.63) is 59.7 Å². The summed E-state index contributed by atoms with van der Waals surface area (Å²) in [6.07, 6.45) is 6.67. The van der Waals surface area contributed by atoms with Crippen molar-refractivity contribution < 1.29 is 44.3 Å². The number of carboxylic acid groups (broad SMARTS) is 3. The van der Waals surface area contributed by atoms with E-state index in [2.05, 4.69) is 61.2 Å². The molecule has 1 fully saturated rings. The molecule has 3 rings (SSSR count). The molecule has 0 atom stereocenters. The molecule has 0 spiro atoms. The molecule has 43 heavy (non-hydrogen) atoms. The van der Waals surface area contributed by atoms with Gasteiger partial charge in [0, 0.05) is 6.54 Å². The fraction of sp³-hybridized carbons (Fsp3) is 0.485. The molecule has 0 bridgehead atoms. The number of likely N-dealkylation sites (N-methyl/N-ethyl adjacent to an activating group) is 1. The predicted molar refractivity (Wildman–Crippen MR) is 164 cm³/mol. The van der Waals surface area contributed by atoms with Crippen LogP contribution in [-0.4, -0.2) is 82.2 Å². The molecule has 0 unspecified atom stereocenters. The Hall–Kier alpha value is -3.89. The maximum Gasteiger partial charge on any atom is 0.336 e. The van der Waals surface area contributed by atoms with E-state index in [1.165, 1.54) is 48.8 Å². The largest absolute Gasteiger partial charge is 0.497 e. The molecule has 0 amide bonds. The Balaban J connectivity index is 0.000000420. The number of hydrogen-bond donors (Lipinski definition) is 4. The summed E-state index contributed by atoms with van der Waals surface area (Å²) in [6.45, 7) is 8.23. The summed E-state index contributed by atoms with van der Waals surface area (Å²) in [4.78, 5) is 32.9. The summed E-state index contributed by atoms with van der Waals surface area (Å²) in [5.74, 6) is -2.53. The van der Waals surface area contributed by atoms with Crippen LogP contribution in [0, 0.1) is 5.92 Å². The first-order valence-electron chi connectivity index (χ1n) is 14.7. The van der Waals surface area contributed by atoms with Gasteiger partial charge in [-0.05, 0) is 72.8 Å². The topological polar surface area (TPSA) is 154 Å². The molecule has 1 aliphatic rings. The van der Waals surface area contributed by atoms with Crippen LogP contribution >= 0.6 is 0 Å². The minimum Gasteiger partial charge on any atom is -0.497 e. The van der Waals surface area contributed by atoms with E-state index in [9.17, 15) is 14.4 Å². The lowest BCUT2D eigenvalue weighted by molar-refractivity contribution is -0.170. The van der Waals surface area contributed by atoms with Crippen molar-refractivity contribution in [2.75, 3.05) is 33.4 Å². The summed E-state index contributed by atoms with van der Waals surface area (Å²) in [5.41, 5.74) is 1.26. The summed E-state index contributed by atoms with van der Waals surface area (Å²) in [5, 5.41) is 33.8. The van der Waals surface area contributed by atoms with Gasteiger partial charge in [0.15, 0.2) is 5.60 Å². The first-order chi connectivity index (χ1) is 20.5. The molecule has 0 saturated heterocycles. The fourth-order valence-corrected chi connectivity index (χ4v) is 5.02. The lowest BCUT2D eigenvalue weighted by Crippen LogP contribution is -2.42. The highest BCUT2D eigenvalue weighted by atomic mass is 16.5. The van der Waals surface area contributed by atoms with Gasteiger partial charge in [0.2, 0.25) is 0 Å². The van der Waals surface area contributed by atoms with Crippen LogP contribution in [0.2, 0.25) is 0 Å². The van der Waals surface area contributed by atoms with Gasteiger partial charge in [0.25, 0.3) is 0 Å². The molecule has 1 aliphatic carbocycles. The van der Waals surface area contributed by atoms with E-state index in [-0.39, 0.29) is 0 Å². The third-order valence-electron chi connectivity index (χ3n) is 7.53. The van der Waals surface area contributed by atoms with Crippen LogP contribution in [0.5, 0.6) is 11.5 Å². The minimum atomic E-state index is -2.74. The molecule has 4 N–H and O–H groups in total. The Morgan fingerprint density at radius 2 is 1.40 bits per heavy atom. The smallest absolute Gasteiger partial charge is 0.336 e. The maximum absolute atomic E-state index is 10.3. The number of ether oxygens (including phenoxy) is 2. The number of methoxy groups -OCH3 is 1. The van der Waals surface area contributed by atoms with E-state index >= 15 is 0 Å². The van der Waals surface area contributed by atoms with E-state index in [0.29, 0.717) is 5.92 Å². The number of carbonyl (C=O) groups is 3. The number of aliphatic carboxylic acids is 3. The monoisotopic (exact) mass is 599 g/mol. The Kier molecular flexibility index (Phi) is 14.7. The van der Waals surface area contributed by atoms with Crippen LogP contribution in [0.25, 0.3) is 11.6 Å². The molecular weight excluding hydrogens is 554 g/mol. The summed E-state index contributed by atoms with van der Waals surface area (Å²) >= 11 is 0. The van der Waals surface area contributed by atoms with E-state index in [4.69, 9.17) is 29.9 Å². The summed E-state index contributed by atoms with van der Waals surface area (Å²) < 4.78 is 11.3. The van der Waals surface area contributed by atoms with Crippen LogP contribution in [0.3, 0.4) is 0 Å². The highest BCUT2D eigenvalue weighted by Crippen LogP contribution is 2.37. The van der Waals surface area contributed by atoms with Gasteiger partial charge < -0.3 is 34.8 Å². The SMILES string of the molecule is CCN(CC)CCOc1ccc(/C(=C/c2ccc(OC)cc2)C2CCCCC2)cc1.O=C(O)CC(O)(CC(=O)O)C(=O)O.